The van der Waals surface area contributed by atoms with Gasteiger partial charge >= 0.3 is 47.8 Å². The molecular weight excluding hydrogens is 1360 g/mol. The van der Waals surface area contributed by atoms with Gasteiger partial charge in [0.15, 0.2) is 69.0 Å². The zero-order valence-electron chi connectivity index (χ0n) is 59.3. The van der Waals surface area contributed by atoms with Crippen molar-refractivity contribution >= 4 is 47.8 Å². The Morgan fingerprint density at radius 3 is 0.895 bits per heavy atom. The third-order valence-electron chi connectivity index (χ3n) is 13.4. The summed E-state index contributed by atoms with van der Waals surface area (Å²) in [4.78, 5) is 89.5. The van der Waals surface area contributed by atoms with E-state index < -0.39 is 47.8 Å². The Balaban J connectivity index is 0.000000270. The molecule has 26 heteroatoms. The summed E-state index contributed by atoms with van der Waals surface area (Å²) in [5, 5.41) is 46.4. The second-order valence-corrected chi connectivity index (χ2v) is 21.2. The van der Waals surface area contributed by atoms with Crippen LogP contribution >= 0.6 is 0 Å². The Morgan fingerprint density at radius 2 is 0.543 bits per heavy atom. The molecule has 0 saturated heterocycles. The van der Waals surface area contributed by atoms with Crippen LogP contribution in [0.1, 0.15) is 119 Å². The second kappa shape index (κ2) is 45.5. The summed E-state index contributed by atoms with van der Waals surface area (Å²) in [7, 11) is 7.72. The fraction of sp³-hybridized carbons (Fsp3) is 0.215. The minimum Gasteiger partial charge on any atom is -0.504 e. The number of phenols is 5. The Morgan fingerprint density at radius 1 is 0.267 bits per heavy atom. The standard InChI is InChI=1S/C18H20O4.C17H16O5.C15H14O4.C11H14O4.C10H10O5.C8H8O4/c1-3-11-21-17-12-15(18(19)20-2)9-10-16(17)22-13-14-7-5-4-6-8-14;1-12(18)22-16-10-14(17(19)20-2)8-9-15(16)21-11-13-6-4-3-5-7-13;1-18-15(17)12-7-8-14(13(16)9-12)19-10-11-5-3-2-4-6-11;1-3-6-15-10-7-8(11(13)14-2)4-5-9(10)12;1-6(11)15-9-5-7(10(13)14-2)3-4-8(9)12;1-12-8(11)5-2-3-6(9)7(10)4-5/h4-10,12H,3,11,13H2,1-2H3;3-10H,11H2,1-2H3;2-9,16H,10H2,1H3;4-5,7,12H,3,6H2,1-2H3;3-5,12H,1-2H3;2-4,9-10H,1H3. The van der Waals surface area contributed by atoms with Gasteiger partial charge in [0.2, 0.25) is 0 Å². The van der Waals surface area contributed by atoms with Crippen LogP contribution in [-0.4, -0.2) is 129 Å². The van der Waals surface area contributed by atoms with E-state index in [0.717, 1.165) is 35.6 Å². The van der Waals surface area contributed by atoms with Gasteiger partial charge in [-0.15, -0.1) is 0 Å². The summed E-state index contributed by atoms with van der Waals surface area (Å²) in [5.74, 6) is -2.59. The van der Waals surface area contributed by atoms with Gasteiger partial charge in [0.1, 0.15) is 19.8 Å². The molecular formula is C79H82O26. The van der Waals surface area contributed by atoms with Crippen LogP contribution in [0.25, 0.3) is 0 Å². The van der Waals surface area contributed by atoms with E-state index in [1.54, 1.807) is 42.5 Å². The van der Waals surface area contributed by atoms with Crippen molar-refractivity contribution in [2.75, 3.05) is 55.9 Å². The van der Waals surface area contributed by atoms with Gasteiger partial charge in [0.05, 0.1) is 89.3 Å². The van der Waals surface area contributed by atoms with Gasteiger partial charge in [-0.2, -0.15) is 0 Å². The smallest absolute Gasteiger partial charge is 0.337 e. The first-order valence-electron chi connectivity index (χ1n) is 31.8. The molecule has 0 unspecified atom stereocenters. The lowest BCUT2D eigenvalue weighted by Gasteiger charge is -2.13. The molecule has 0 aliphatic rings. The zero-order valence-corrected chi connectivity index (χ0v) is 59.3. The highest BCUT2D eigenvalue weighted by atomic mass is 16.6. The van der Waals surface area contributed by atoms with Crippen molar-refractivity contribution in [1.29, 1.82) is 0 Å². The fourth-order valence-corrected chi connectivity index (χ4v) is 8.24. The van der Waals surface area contributed by atoms with Crippen LogP contribution in [0.5, 0.6) is 69.0 Å². The van der Waals surface area contributed by atoms with Crippen molar-refractivity contribution in [3.8, 4) is 69.0 Å². The number of methoxy groups -OCH3 is 6. The number of benzene rings is 9. The predicted octanol–water partition coefficient (Wildman–Crippen LogP) is 13.5. The van der Waals surface area contributed by atoms with Crippen LogP contribution in [0, 0.1) is 0 Å². The number of carbonyl (C=O) groups is 8. The maximum atomic E-state index is 11.6. The lowest BCUT2D eigenvalue weighted by atomic mass is 10.2. The molecule has 0 aromatic heterocycles. The number of ether oxygens (including phenoxy) is 13. The van der Waals surface area contributed by atoms with Gasteiger partial charge in [0.25, 0.3) is 0 Å². The Hall–Kier alpha value is -13.3. The molecule has 105 heavy (non-hydrogen) atoms. The van der Waals surface area contributed by atoms with Crippen molar-refractivity contribution in [3.05, 3.63) is 250 Å². The van der Waals surface area contributed by atoms with Crippen molar-refractivity contribution in [1.82, 2.24) is 0 Å². The third kappa shape index (κ3) is 29.5. The van der Waals surface area contributed by atoms with Crippen molar-refractivity contribution in [2.24, 2.45) is 0 Å². The van der Waals surface area contributed by atoms with E-state index in [-0.39, 0.29) is 62.5 Å². The van der Waals surface area contributed by atoms with Gasteiger partial charge < -0.3 is 87.1 Å². The minimum atomic E-state index is -0.577. The quantitative estimate of drug-likeness (QED) is 0.0172. The SMILES string of the molecule is CCCOc1cc(C(=O)OC)ccc1O.CCCOc1cc(C(=O)OC)ccc1OCc1ccccc1.COC(=O)c1ccc(O)c(O)c1.COC(=O)c1ccc(O)c(OC(C)=O)c1.COC(=O)c1ccc(OCc2ccccc2)c(O)c1.COC(=O)c1ccc(OCc2ccccc2)c(OC(C)=O)c1. The molecule has 0 saturated carbocycles. The normalized spacial score (nSPS) is 9.81. The first-order valence-corrected chi connectivity index (χ1v) is 31.8. The second-order valence-electron chi connectivity index (χ2n) is 21.2. The number of phenolic OH excluding ortho intramolecular Hbond substituents is 5. The lowest BCUT2D eigenvalue weighted by molar-refractivity contribution is -0.132. The van der Waals surface area contributed by atoms with Gasteiger partial charge in [-0.3, -0.25) is 9.59 Å². The number of carbonyl (C=O) groups excluding carboxylic acids is 8. The molecule has 0 radical (unpaired) electrons. The number of esters is 8. The topological polar surface area (TPSA) is 358 Å². The zero-order chi connectivity index (χ0) is 77.2. The molecule has 9 aromatic carbocycles. The number of hydrogen-bond acceptors (Lipinski definition) is 26. The largest absolute Gasteiger partial charge is 0.504 e. The van der Waals surface area contributed by atoms with E-state index in [1.807, 2.05) is 105 Å². The number of rotatable bonds is 23. The summed E-state index contributed by atoms with van der Waals surface area (Å²) in [6, 6.07) is 55.1. The van der Waals surface area contributed by atoms with E-state index in [9.17, 15) is 53.7 Å². The number of aromatic hydroxyl groups is 5. The molecule has 554 valence electrons. The maximum absolute atomic E-state index is 11.6. The molecule has 5 N–H and O–H groups in total. The van der Waals surface area contributed by atoms with Crippen molar-refractivity contribution in [3.63, 3.8) is 0 Å². The minimum absolute atomic E-state index is 0.0242. The van der Waals surface area contributed by atoms with Crippen LogP contribution in [0.15, 0.2) is 200 Å². The van der Waals surface area contributed by atoms with Gasteiger partial charge in [-0.1, -0.05) is 105 Å². The van der Waals surface area contributed by atoms with Gasteiger partial charge in [-0.05, 0) is 139 Å². The highest BCUT2D eigenvalue weighted by molar-refractivity contribution is 5.93. The molecule has 0 spiro atoms. The van der Waals surface area contributed by atoms with Crippen molar-refractivity contribution in [2.45, 2.75) is 60.4 Å². The average molecular weight is 1450 g/mol. The molecule has 0 aliphatic carbocycles. The van der Waals surface area contributed by atoms with E-state index in [1.165, 1.54) is 117 Å². The highest BCUT2D eigenvalue weighted by Gasteiger charge is 2.18. The van der Waals surface area contributed by atoms with Crippen LogP contribution < -0.4 is 33.2 Å². The van der Waals surface area contributed by atoms with Gasteiger partial charge in [-0.25, -0.2) is 28.8 Å². The summed E-state index contributed by atoms with van der Waals surface area (Å²) in [6.07, 6.45) is 1.71. The molecule has 9 rings (SSSR count). The summed E-state index contributed by atoms with van der Waals surface area (Å²) in [6.45, 7) is 8.65. The third-order valence-corrected chi connectivity index (χ3v) is 13.4. The molecule has 0 amide bonds. The van der Waals surface area contributed by atoms with E-state index >= 15 is 0 Å². The molecule has 0 aliphatic heterocycles. The first-order chi connectivity index (χ1) is 50.4. The molecule has 26 nitrogen and oxygen atoms in total. The van der Waals surface area contributed by atoms with Gasteiger partial charge in [0, 0.05) is 13.8 Å². The summed E-state index contributed by atoms with van der Waals surface area (Å²) in [5.41, 5.74) is 4.83. The monoisotopic (exact) mass is 1450 g/mol. The first kappa shape index (κ1) is 84.2. The van der Waals surface area contributed by atoms with Crippen LogP contribution in [0.3, 0.4) is 0 Å². The molecule has 9 aromatic rings. The molecule has 0 atom stereocenters. The molecule has 0 bridgehead atoms. The predicted molar refractivity (Wildman–Crippen MR) is 382 cm³/mol. The highest BCUT2D eigenvalue weighted by Crippen LogP contribution is 2.34. The fourth-order valence-electron chi connectivity index (χ4n) is 8.24. The summed E-state index contributed by atoms with van der Waals surface area (Å²) >= 11 is 0. The van der Waals surface area contributed by atoms with Crippen LogP contribution in [0.2, 0.25) is 0 Å². The van der Waals surface area contributed by atoms with Crippen LogP contribution in [0.4, 0.5) is 0 Å². The average Bonchev–Trinajstić information content (AvgIpc) is 0.867. The van der Waals surface area contributed by atoms with Crippen molar-refractivity contribution < 1.29 is 125 Å². The molecule has 0 heterocycles. The maximum Gasteiger partial charge on any atom is 0.337 e. The lowest BCUT2D eigenvalue weighted by Crippen LogP contribution is -2.07. The van der Waals surface area contributed by atoms with E-state index in [0.29, 0.717) is 72.9 Å². The Kier molecular flexibility index (Phi) is 36.5. The van der Waals surface area contributed by atoms with E-state index in [4.69, 9.17) is 43.4 Å². The van der Waals surface area contributed by atoms with Crippen LogP contribution in [-0.2, 0) is 57.8 Å². The summed E-state index contributed by atoms with van der Waals surface area (Å²) < 4.78 is 65.1. The Bertz CT molecular complexity index is 4270. The molecule has 0 fully saturated rings. The van der Waals surface area contributed by atoms with E-state index in [2.05, 4.69) is 28.4 Å². The number of hydrogen-bond donors (Lipinski definition) is 5. The Labute approximate surface area is 606 Å².